The Morgan fingerprint density at radius 2 is 1.81 bits per heavy atom. The van der Waals surface area contributed by atoms with Gasteiger partial charge in [-0.1, -0.05) is 64.1 Å². The highest BCUT2D eigenvalue weighted by Crippen LogP contribution is 2.32. The van der Waals surface area contributed by atoms with Crippen molar-refractivity contribution in [3.8, 4) is 10.4 Å². The van der Waals surface area contributed by atoms with Gasteiger partial charge in [0.15, 0.2) is 0 Å². The van der Waals surface area contributed by atoms with Gasteiger partial charge in [-0.05, 0) is 55.0 Å². The van der Waals surface area contributed by atoms with Crippen molar-refractivity contribution in [1.29, 1.82) is 0 Å². The first-order chi connectivity index (χ1) is 20.1. The molecular formula is C33H42N4O4S. The van der Waals surface area contributed by atoms with Crippen LogP contribution in [0.3, 0.4) is 0 Å². The van der Waals surface area contributed by atoms with Crippen molar-refractivity contribution in [1.82, 2.24) is 20.1 Å². The first-order valence-electron chi connectivity index (χ1n) is 14.8. The molecule has 0 bridgehead atoms. The number of hydrogen-bond acceptors (Lipinski definition) is 6. The van der Waals surface area contributed by atoms with E-state index >= 15 is 0 Å². The highest BCUT2D eigenvalue weighted by atomic mass is 32.1. The molecule has 0 spiro atoms. The third kappa shape index (κ3) is 6.13. The maximum Gasteiger partial charge on any atom is 0.255 e. The van der Waals surface area contributed by atoms with E-state index in [9.17, 15) is 19.5 Å². The third-order valence-corrected chi connectivity index (χ3v) is 9.01. The van der Waals surface area contributed by atoms with E-state index in [0.29, 0.717) is 12.1 Å². The Labute approximate surface area is 252 Å². The summed E-state index contributed by atoms with van der Waals surface area (Å²) in [6, 6.07) is 11.7. The van der Waals surface area contributed by atoms with Crippen LogP contribution in [0.5, 0.6) is 0 Å². The lowest BCUT2D eigenvalue weighted by atomic mass is 9.98. The van der Waals surface area contributed by atoms with Crippen LogP contribution in [0.1, 0.15) is 79.8 Å². The van der Waals surface area contributed by atoms with Crippen molar-refractivity contribution in [3.05, 3.63) is 75.9 Å². The van der Waals surface area contributed by atoms with Gasteiger partial charge in [-0.2, -0.15) is 0 Å². The number of β-amino-alcohol motifs (C(OH)–C–C–N with tert-alkyl or cyclic N) is 1. The van der Waals surface area contributed by atoms with Gasteiger partial charge in [-0.15, -0.1) is 11.3 Å². The highest BCUT2D eigenvalue weighted by molar-refractivity contribution is 7.13. The van der Waals surface area contributed by atoms with E-state index in [4.69, 9.17) is 0 Å². The molecule has 4 unspecified atom stereocenters. The summed E-state index contributed by atoms with van der Waals surface area (Å²) in [5, 5.41) is 13.6. The van der Waals surface area contributed by atoms with Gasteiger partial charge in [0.05, 0.1) is 28.2 Å². The predicted molar refractivity (Wildman–Crippen MR) is 166 cm³/mol. The molecule has 9 heteroatoms. The number of thiazole rings is 1. The van der Waals surface area contributed by atoms with E-state index in [0.717, 1.165) is 32.8 Å². The first-order valence-corrected chi connectivity index (χ1v) is 15.6. The standard InChI is InChI=1S/C31H36N4O4S.C2H6/c1-17(2)27(35-14-22-8-6-7-9-25(22)30(35)38)31(39)34-15-23(36)13-26(34)29(37)33-19(4)24-11-10-21(12-18(24)3)28-20(5)32-16-40-28;1-2/h6-12,16-17,19,23,26-27,36H,13-15H2,1-5H3,(H,33,37);1-2H3. The molecule has 0 saturated carbocycles. The number of nitrogens with zero attached hydrogens (tertiary/aromatic N) is 3. The normalized spacial score (nSPS) is 19.3. The molecule has 2 aromatic carbocycles. The summed E-state index contributed by atoms with van der Waals surface area (Å²) < 4.78 is 0. The fourth-order valence-electron chi connectivity index (χ4n) is 6.02. The predicted octanol–water partition coefficient (Wildman–Crippen LogP) is 5.27. The third-order valence-electron chi connectivity index (χ3n) is 8.04. The number of fused-ring (bicyclic) bond motifs is 1. The van der Waals surface area contributed by atoms with E-state index in [1.165, 1.54) is 4.90 Å². The average molecular weight is 591 g/mol. The van der Waals surface area contributed by atoms with Gasteiger partial charge in [-0.25, -0.2) is 4.98 Å². The second kappa shape index (κ2) is 13.2. The molecule has 2 aliphatic rings. The van der Waals surface area contributed by atoms with Crippen molar-refractivity contribution in [3.63, 3.8) is 0 Å². The number of nitrogens with one attached hydrogen (secondary N) is 1. The van der Waals surface area contributed by atoms with Crippen molar-refractivity contribution < 1.29 is 19.5 Å². The smallest absolute Gasteiger partial charge is 0.255 e. The lowest BCUT2D eigenvalue weighted by Crippen LogP contribution is -2.55. The molecule has 0 aliphatic carbocycles. The molecule has 2 aliphatic heterocycles. The van der Waals surface area contributed by atoms with Crippen molar-refractivity contribution in [2.75, 3.05) is 6.54 Å². The maximum atomic E-state index is 14.0. The second-order valence-corrected chi connectivity index (χ2v) is 12.1. The summed E-state index contributed by atoms with van der Waals surface area (Å²) in [7, 11) is 0. The number of aliphatic hydroxyl groups excluding tert-OH is 1. The summed E-state index contributed by atoms with van der Waals surface area (Å²) in [6.07, 6.45) is -0.649. The molecule has 1 fully saturated rings. The Kier molecular flexibility index (Phi) is 9.84. The van der Waals surface area contributed by atoms with Crippen LogP contribution in [0.25, 0.3) is 10.4 Å². The Bertz CT molecular complexity index is 1450. The molecular weight excluding hydrogens is 548 g/mol. The Balaban J connectivity index is 0.00000198. The molecule has 4 atom stereocenters. The molecule has 0 radical (unpaired) electrons. The van der Waals surface area contributed by atoms with Crippen LogP contribution in [0.2, 0.25) is 0 Å². The number of likely N-dealkylation sites (tertiary alicyclic amines) is 1. The number of carbonyl (C=O) groups excluding carboxylic acids is 3. The molecule has 3 amide bonds. The van der Waals surface area contributed by atoms with Gasteiger partial charge in [0.2, 0.25) is 11.8 Å². The zero-order valence-corrected chi connectivity index (χ0v) is 26.4. The molecule has 3 heterocycles. The molecule has 1 aromatic heterocycles. The average Bonchev–Trinajstić information content (AvgIpc) is 3.66. The van der Waals surface area contributed by atoms with Crippen LogP contribution in [0, 0.1) is 19.8 Å². The molecule has 42 heavy (non-hydrogen) atoms. The number of benzene rings is 2. The lowest BCUT2D eigenvalue weighted by Gasteiger charge is -2.35. The number of hydrogen-bond donors (Lipinski definition) is 2. The lowest BCUT2D eigenvalue weighted by molar-refractivity contribution is -0.143. The van der Waals surface area contributed by atoms with Gasteiger partial charge in [-0.3, -0.25) is 14.4 Å². The summed E-state index contributed by atoms with van der Waals surface area (Å²) in [4.78, 5) is 49.3. The van der Waals surface area contributed by atoms with Crippen LogP contribution >= 0.6 is 11.3 Å². The number of aryl methyl sites for hydroxylation is 2. The number of aliphatic hydroxyl groups is 1. The van der Waals surface area contributed by atoms with Gasteiger partial charge in [0.1, 0.15) is 12.1 Å². The van der Waals surface area contributed by atoms with E-state index < -0.39 is 18.2 Å². The van der Waals surface area contributed by atoms with E-state index in [1.807, 2.05) is 84.3 Å². The zero-order chi connectivity index (χ0) is 30.7. The number of carbonyl (C=O) groups is 3. The molecule has 224 valence electrons. The molecule has 5 rings (SSSR count). The summed E-state index contributed by atoms with van der Waals surface area (Å²) in [5.41, 5.74) is 7.44. The quantitative estimate of drug-likeness (QED) is 0.390. The van der Waals surface area contributed by atoms with E-state index in [-0.39, 0.29) is 42.6 Å². The first kappa shape index (κ1) is 31.4. The van der Waals surface area contributed by atoms with E-state index in [1.54, 1.807) is 22.3 Å². The SMILES string of the molecule is CC.Cc1cc(-c2scnc2C)ccc1C(C)NC(=O)C1CC(O)CN1C(=O)C(C(C)C)N1Cc2ccccc2C1=O. The Morgan fingerprint density at radius 3 is 2.43 bits per heavy atom. The van der Waals surface area contributed by atoms with Gasteiger partial charge < -0.3 is 20.2 Å². The number of rotatable bonds is 7. The minimum Gasteiger partial charge on any atom is -0.391 e. The van der Waals surface area contributed by atoms with Gasteiger partial charge >= 0.3 is 0 Å². The van der Waals surface area contributed by atoms with Gasteiger partial charge in [0, 0.05) is 25.1 Å². The number of amides is 3. The maximum absolute atomic E-state index is 14.0. The second-order valence-electron chi connectivity index (χ2n) is 11.2. The van der Waals surface area contributed by atoms with Crippen LogP contribution in [0.15, 0.2) is 48.0 Å². The molecule has 3 aromatic rings. The monoisotopic (exact) mass is 590 g/mol. The molecule has 8 nitrogen and oxygen atoms in total. The summed E-state index contributed by atoms with van der Waals surface area (Å²) in [5.74, 6) is -0.961. The van der Waals surface area contributed by atoms with Gasteiger partial charge in [0.25, 0.3) is 5.91 Å². The van der Waals surface area contributed by atoms with Crippen LogP contribution in [0.4, 0.5) is 0 Å². The molecule has 2 N–H and O–H groups in total. The van der Waals surface area contributed by atoms with Crippen LogP contribution in [-0.2, 0) is 16.1 Å². The Hall–Kier alpha value is -3.56. The summed E-state index contributed by atoms with van der Waals surface area (Å²) >= 11 is 1.60. The van der Waals surface area contributed by atoms with E-state index in [2.05, 4.69) is 16.4 Å². The van der Waals surface area contributed by atoms with Crippen molar-refractivity contribution in [2.24, 2.45) is 5.92 Å². The zero-order valence-electron chi connectivity index (χ0n) is 25.5. The topological polar surface area (TPSA) is 103 Å². The highest BCUT2D eigenvalue weighted by Gasteiger charge is 2.46. The Morgan fingerprint density at radius 1 is 1.10 bits per heavy atom. The van der Waals surface area contributed by atoms with Crippen LogP contribution < -0.4 is 5.32 Å². The molecule has 1 saturated heterocycles. The fourth-order valence-corrected chi connectivity index (χ4v) is 6.83. The number of aromatic nitrogens is 1. The largest absolute Gasteiger partial charge is 0.391 e. The minimum absolute atomic E-state index is 0.0609. The van der Waals surface area contributed by atoms with Crippen molar-refractivity contribution >= 4 is 29.1 Å². The van der Waals surface area contributed by atoms with Crippen molar-refractivity contribution in [2.45, 2.75) is 85.7 Å². The summed E-state index contributed by atoms with van der Waals surface area (Å²) in [6.45, 7) is 14.2. The van der Waals surface area contributed by atoms with Crippen LogP contribution in [-0.4, -0.2) is 62.3 Å². The minimum atomic E-state index is -0.814. The fraction of sp³-hybridized carbons (Fsp3) is 0.455.